The molecule has 0 aromatic rings. The van der Waals surface area contributed by atoms with Gasteiger partial charge in [0.25, 0.3) is 0 Å². The fourth-order valence-corrected chi connectivity index (χ4v) is 6.43. The Labute approximate surface area is 363 Å². The van der Waals surface area contributed by atoms with Crippen molar-refractivity contribution in [2.75, 3.05) is 13.2 Å². The fraction of sp³-hybridized carbons (Fsp3) is 0.717. The number of unbranched alkanes of at least 4 members (excludes halogenated alkanes) is 21. The zero-order valence-electron chi connectivity index (χ0n) is 38.5. The highest BCUT2D eigenvalue weighted by molar-refractivity contribution is 5.71. The second-order valence-electron chi connectivity index (χ2n) is 16.0. The van der Waals surface area contributed by atoms with Crippen LogP contribution < -0.4 is 0 Å². The summed E-state index contributed by atoms with van der Waals surface area (Å²) in [5.74, 6) is -1.01. The number of carbonyl (C=O) groups is 3. The normalized spacial score (nSPS) is 12.7. The number of ether oxygens (including phenoxy) is 3. The molecule has 59 heavy (non-hydrogen) atoms. The monoisotopic (exact) mass is 823 g/mol. The van der Waals surface area contributed by atoms with Crippen molar-refractivity contribution in [1.82, 2.24) is 0 Å². The van der Waals surface area contributed by atoms with Crippen LogP contribution in [-0.4, -0.2) is 37.2 Å². The predicted octanol–water partition coefficient (Wildman–Crippen LogP) is 15.9. The molecule has 0 rings (SSSR count). The molecule has 0 spiro atoms. The Bertz CT molecular complexity index is 1130. The highest BCUT2D eigenvalue weighted by Gasteiger charge is 2.19. The molecule has 1 atom stereocenters. The van der Waals surface area contributed by atoms with Crippen LogP contribution in [0.2, 0.25) is 0 Å². The second-order valence-corrected chi connectivity index (χ2v) is 16.0. The summed E-state index contributed by atoms with van der Waals surface area (Å²) in [4.78, 5) is 37.8. The standard InChI is InChI=1S/C53H90O6/c1-4-7-10-13-16-19-22-24-25-26-27-29-31-34-37-40-43-46-52(55)58-49-50(48-57-51(54)45-42-39-36-33-30-21-18-15-12-9-6-3)59-53(56)47-44-41-38-35-32-28-23-20-17-14-11-8-5-2/h15,18,21,24-25,27-30,32,34,37,50H,4-14,16-17,19-20,22-23,26,31,33,35-36,38-49H2,1-3H3/b18-15-,25-24-,29-27-,30-21-,32-28-,37-34-. The summed E-state index contributed by atoms with van der Waals surface area (Å²) in [5.41, 5.74) is 0. The summed E-state index contributed by atoms with van der Waals surface area (Å²) in [7, 11) is 0. The number of allylic oxidation sites excluding steroid dienone is 12. The van der Waals surface area contributed by atoms with Crippen molar-refractivity contribution in [3.63, 3.8) is 0 Å². The highest BCUT2D eigenvalue weighted by atomic mass is 16.6. The van der Waals surface area contributed by atoms with Gasteiger partial charge in [0.1, 0.15) is 13.2 Å². The van der Waals surface area contributed by atoms with Gasteiger partial charge in [0.15, 0.2) is 6.10 Å². The largest absolute Gasteiger partial charge is 0.462 e. The number of esters is 3. The lowest BCUT2D eigenvalue weighted by Crippen LogP contribution is -2.30. The second kappa shape index (κ2) is 47.5. The average Bonchev–Trinajstić information content (AvgIpc) is 3.23. The van der Waals surface area contributed by atoms with E-state index in [4.69, 9.17) is 14.2 Å². The summed E-state index contributed by atoms with van der Waals surface area (Å²) < 4.78 is 16.7. The third-order valence-electron chi connectivity index (χ3n) is 10.2. The Morgan fingerprint density at radius 2 is 0.695 bits per heavy atom. The van der Waals surface area contributed by atoms with Crippen LogP contribution in [0.5, 0.6) is 0 Å². The lowest BCUT2D eigenvalue weighted by molar-refractivity contribution is -0.167. The average molecular weight is 823 g/mol. The maximum Gasteiger partial charge on any atom is 0.306 e. The molecule has 0 radical (unpaired) electrons. The minimum absolute atomic E-state index is 0.112. The summed E-state index contributed by atoms with van der Waals surface area (Å²) in [5, 5.41) is 0. The van der Waals surface area contributed by atoms with Gasteiger partial charge in [0.2, 0.25) is 0 Å². The molecule has 1 unspecified atom stereocenters. The molecule has 0 saturated heterocycles. The van der Waals surface area contributed by atoms with Crippen molar-refractivity contribution >= 4 is 17.9 Å². The smallest absolute Gasteiger partial charge is 0.306 e. The molecule has 0 bridgehead atoms. The predicted molar refractivity (Wildman–Crippen MR) is 251 cm³/mol. The van der Waals surface area contributed by atoms with E-state index in [9.17, 15) is 14.4 Å². The van der Waals surface area contributed by atoms with E-state index in [1.54, 1.807) is 0 Å². The first-order valence-electron chi connectivity index (χ1n) is 24.5. The van der Waals surface area contributed by atoms with E-state index in [1.165, 1.54) is 96.3 Å². The molecule has 0 aliphatic rings. The van der Waals surface area contributed by atoms with Crippen LogP contribution >= 0.6 is 0 Å². The Morgan fingerprint density at radius 3 is 1.19 bits per heavy atom. The molecule has 0 heterocycles. The molecule has 0 fully saturated rings. The van der Waals surface area contributed by atoms with E-state index in [1.807, 2.05) is 0 Å². The van der Waals surface area contributed by atoms with Gasteiger partial charge in [0, 0.05) is 19.3 Å². The van der Waals surface area contributed by atoms with E-state index in [0.29, 0.717) is 19.3 Å². The van der Waals surface area contributed by atoms with Gasteiger partial charge < -0.3 is 14.2 Å². The third-order valence-corrected chi connectivity index (χ3v) is 10.2. The van der Waals surface area contributed by atoms with Gasteiger partial charge >= 0.3 is 17.9 Å². The Morgan fingerprint density at radius 1 is 0.356 bits per heavy atom. The van der Waals surface area contributed by atoms with Crippen molar-refractivity contribution in [3.05, 3.63) is 72.9 Å². The van der Waals surface area contributed by atoms with Gasteiger partial charge in [-0.05, 0) is 96.3 Å². The Kier molecular flexibility index (Phi) is 45.0. The molecular weight excluding hydrogens is 733 g/mol. The molecule has 0 amide bonds. The van der Waals surface area contributed by atoms with Crippen LogP contribution in [0.25, 0.3) is 0 Å². The first-order valence-corrected chi connectivity index (χ1v) is 24.5. The van der Waals surface area contributed by atoms with Gasteiger partial charge in [0.05, 0.1) is 0 Å². The van der Waals surface area contributed by atoms with Gasteiger partial charge in [-0.3, -0.25) is 14.4 Å². The highest BCUT2D eigenvalue weighted by Crippen LogP contribution is 2.12. The molecule has 6 nitrogen and oxygen atoms in total. The first kappa shape index (κ1) is 55.9. The van der Waals surface area contributed by atoms with Crippen LogP contribution in [0.3, 0.4) is 0 Å². The Hall–Kier alpha value is -3.15. The molecule has 6 heteroatoms. The lowest BCUT2D eigenvalue weighted by Gasteiger charge is -2.18. The number of carbonyl (C=O) groups excluding carboxylic acids is 3. The van der Waals surface area contributed by atoms with Crippen molar-refractivity contribution in [2.45, 2.75) is 232 Å². The van der Waals surface area contributed by atoms with E-state index >= 15 is 0 Å². The minimum Gasteiger partial charge on any atom is -0.462 e. The SMILES string of the molecule is CCCC/C=C\C=C/CCCCCC(=O)OCC(COC(=O)CCC/C=C\C/C=C\C/C=C\CCCCCCCC)OC(=O)CCCCC/C=C\CCCCCCCC. The summed E-state index contributed by atoms with van der Waals surface area (Å²) in [6.07, 6.45) is 58.9. The van der Waals surface area contributed by atoms with Gasteiger partial charge in [-0.1, -0.05) is 184 Å². The summed E-state index contributed by atoms with van der Waals surface area (Å²) in [6.45, 7) is 6.47. The number of hydrogen-bond donors (Lipinski definition) is 0. The maximum absolute atomic E-state index is 12.7. The molecular formula is C53H90O6. The van der Waals surface area contributed by atoms with Crippen molar-refractivity contribution < 1.29 is 28.6 Å². The molecule has 0 aliphatic heterocycles. The number of hydrogen-bond acceptors (Lipinski definition) is 6. The maximum atomic E-state index is 12.7. The molecule has 338 valence electrons. The fourth-order valence-electron chi connectivity index (χ4n) is 6.43. The van der Waals surface area contributed by atoms with E-state index in [0.717, 1.165) is 83.5 Å². The van der Waals surface area contributed by atoms with E-state index in [2.05, 4.69) is 93.7 Å². The minimum atomic E-state index is -0.812. The zero-order chi connectivity index (χ0) is 43.0. The van der Waals surface area contributed by atoms with Gasteiger partial charge in [-0.15, -0.1) is 0 Å². The molecule has 0 aliphatic carbocycles. The van der Waals surface area contributed by atoms with Gasteiger partial charge in [-0.25, -0.2) is 0 Å². The third kappa shape index (κ3) is 45.8. The van der Waals surface area contributed by atoms with Crippen LogP contribution in [0.4, 0.5) is 0 Å². The van der Waals surface area contributed by atoms with Gasteiger partial charge in [-0.2, -0.15) is 0 Å². The summed E-state index contributed by atoms with van der Waals surface area (Å²) >= 11 is 0. The van der Waals surface area contributed by atoms with Crippen molar-refractivity contribution in [2.24, 2.45) is 0 Å². The van der Waals surface area contributed by atoms with E-state index in [-0.39, 0.29) is 37.5 Å². The molecule has 0 aromatic carbocycles. The molecule has 0 N–H and O–H groups in total. The number of rotatable bonds is 43. The van der Waals surface area contributed by atoms with Crippen LogP contribution in [-0.2, 0) is 28.6 Å². The zero-order valence-corrected chi connectivity index (χ0v) is 38.5. The quantitative estimate of drug-likeness (QED) is 0.0200. The summed E-state index contributed by atoms with van der Waals surface area (Å²) in [6, 6.07) is 0. The topological polar surface area (TPSA) is 78.9 Å². The van der Waals surface area contributed by atoms with E-state index < -0.39 is 6.10 Å². The molecule has 0 aromatic heterocycles. The lowest BCUT2D eigenvalue weighted by atomic mass is 10.1. The van der Waals surface area contributed by atoms with Crippen molar-refractivity contribution in [1.29, 1.82) is 0 Å². The Balaban J connectivity index is 4.50. The van der Waals surface area contributed by atoms with Crippen molar-refractivity contribution in [3.8, 4) is 0 Å². The van der Waals surface area contributed by atoms with Crippen LogP contribution in [0.1, 0.15) is 226 Å². The van der Waals surface area contributed by atoms with Crippen LogP contribution in [0.15, 0.2) is 72.9 Å². The van der Waals surface area contributed by atoms with Crippen LogP contribution in [0, 0.1) is 0 Å². The molecule has 0 saturated carbocycles. The first-order chi connectivity index (χ1) is 29.0.